The van der Waals surface area contributed by atoms with Gasteiger partial charge in [-0.2, -0.15) is 0 Å². The summed E-state index contributed by atoms with van der Waals surface area (Å²) in [5, 5.41) is 29.5. The van der Waals surface area contributed by atoms with Gasteiger partial charge in [0, 0.05) is 47.6 Å². The van der Waals surface area contributed by atoms with Gasteiger partial charge >= 0.3 is 5.97 Å². The van der Waals surface area contributed by atoms with Gasteiger partial charge in [0.1, 0.15) is 17.2 Å². The van der Waals surface area contributed by atoms with Crippen molar-refractivity contribution >= 4 is 123 Å². The first kappa shape index (κ1) is 50.9. The van der Waals surface area contributed by atoms with Crippen molar-refractivity contribution in [3.8, 4) is 17.2 Å². The average molecular weight is 1090 g/mol. The van der Waals surface area contributed by atoms with E-state index in [4.69, 9.17) is 14.9 Å². The van der Waals surface area contributed by atoms with E-state index < -0.39 is 8.32 Å². The van der Waals surface area contributed by atoms with Crippen LogP contribution in [0.15, 0.2) is 144 Å². The monoisotopic (exact) mass is 1080 g/mol. The van der Waals surface area contributed by atoms with Crippen molar-refractivity contribution in [2.45, 2.75) is 64.2 Å². The zero-order chi connectivity index (χ0) is 50.6. The number of nitrogen functional groups attached to an aromatic ring is 1. The number of nitrogens with two attached hydrogens (primary N) is 1. The molecule has 2 aliphatic rings. The molecule has 10 nitrogen and oxygen atoms in total. The van der Waals surface area contributed by atoms with Gasteiger partial charge in [0.25, 0.3) is 11.8 Å². The number of carbonyl (C=O) groups excluding carboxylic acids is 3. The summed E-state index contributed by atoms with van der Waals surface area (Å²) in [7, 11) is -1.91. The summed E-state index contributed by atoms with van der Waals surface area (Å²) in [4.78, 5) is 40.4. The lowest BCUT2D eigenvalue weighted by Gasteiger charge is -2.36. The van der Waals surface area contributed by atoms with Gasteiger partial charge in [-0.15, -0.1) is 34.0 Å². The molecule has 71 heavy (non-hydrogen) atoms. The van der Waals surface area contributed by atoms with Gasteiger partial charge < -0.3 is 34.9 Å². The molecule has 4 N–H and O–H groups in total. The molecule has 0 spiro atoms. The Labute approximate surface area is 434 Å². The number of benzene rings is 6. The van der Waals surface area contributed by atoms with Gasteiger partial charge in [-0.1, -0.05) is 54.9 Å². The van der Waals surface area contributed by atoms with Crippen LogP contribution >= 0.6 is 49.9 Å². The smallest absolute Gasteiger partial charge is 0.338 e. The van der Waals surface area contributed by atoms with Crippen LogP contribution in [-0.4, -0.2) is 42.9 Å². The van der Waals surface area contributed by atoms with E-state index in [1.165, 1.54) is 19.5 Å². The van der Waals surface area contributed by atoms with E-state index in [0.29, 0.717) is 41.7 Å². The van der Waals surface area contributed by atoms with Crippen molar-refractivity contribution in [3.05, 3.63) is 177 Å². The molecule has 15 heteroatoms. The van der Waals surface area contributed by atoms with Crippen molar-refractivity contribution < 1.29 is 33.8 Å². The normalized spacial score (nSPS) is 12.9. The molecule has 5 heterocycles. The van der Waals surface area contributed by atoms with Crippen LogP contribution in [0.5, 0.6) is 17.2 Å². The number of fused-ring (bicyclic) bond motifs is 5. The van der Waals surface area contributed by atoms with Crippen molar-refractivity contribution in [3.63, 3.8) is 0 Å². The van der Waals surface area contributed by atoms with Crippen LogP contribution in [0.2, 0.25) is 18.1 Å². The topological polar surface area (TPSA) is 143 Å². The molecule has 0 fully saturated rings. The minimum absolute atomic E-state index is 0.0505. The van der Waals surface area contributed by atoms with Crippen LogP contribution in [0, 0.1) is 0 Å². The molecular formula is C56H54BrN3O7S3Si. The first-order valence-corrected chi connectivity index (χ1v) is 29.6. The lowest BCUT2D eigenvalue weighted by molar-refractivity contribution is 0.0524. The minimum atomic E-state index is -1.91. The second kappa shape index (κ2) is 21.5. The van der Waals surface area contributed by atoms with Gasteiger partial charge in [-0.3, -0.25) is 9.59 Å². The first-order valence-electron chi connectivity index (χ1n) is 22.9. The fourth-order valence-electron chi connectivity index (χ4n) is 7.81. The number of halogens is 1. The Morgan fingerprint density at radius 1 is 0.662 bits per heavy atom. The third kappa shape index (κ3) is 11.5. The number of aromatic hydroxyl groups is 2. The quantitative estimate of drug-likeness (QED) is 0.0620. The molecule has 0 unspecified atom stereocenters. The van der Waals surface area contributed by atoms with Crippen molar-refractivity contribution in [2.75, 3.05) is 22.1 Å². The number of thiophene rings is 3. The van der Waals surface area contributed by atoms with Crippen LogP contribution < -0.4 is 20.0 Å². The second-order valence-electron chi connectivity index (χ2n) is 18.5. The Morgan fingerprint density at radius 3 is 1.61 bits per heavy atom. The number of phenolic OH excluding ortho intramolecular Hbond substituents is 2. The highest BCUT2D eigenvalue weighted by atomic mass is 79.9. The van der Waals surface area contributed by atoms with E-state index in [0.717, 1.165) is 50.3 Å². The Hall–Kier alpha value is -6.49. The number of ether oxygens (including phenoxy) is 1. The van der Waals surface area contributed by atoms with Gasteiger partial charge in [0.15, 0.2) is 0 Å². The fourth-order valence-corrected chi connectivity index (χ4v) is 11.6. The van der Waals surface area contributed by atoms with E-state index in [1.54, 1.807) is 74.1 Å². The summed E-state index contributed by atoms with van der Waals surface area (Å²) in [5.41, 5.74) is 12.8. The first-order chi connectivity index (χ1) is 33.9. The van der Waals surface area contributed by atoms with Crippen molar-refractivity contribution in [1.29, 1.82) is 0 Å². The maximum atomic E-state index is 12.4. The summed E-state index contributed by atoms with van der Waals surface area (Å²) in [6.07, 6.45) is 0. The van der Waals surface area contributed by atoms with E-state index in [9.17, 15) is 24.6 Å². The number of anilines is 3. The zero-order valence-electron chi connectivity index (χ0n) is 40.2. The molecule has 0 radical (unpaired) electrons. The van der Waals surface area contributed by atoms with Crippen LogP contribution in [0.1, 0.15) is 75.5 Å². The highest BCUT2D eigenvalue weighted by molar-refractivity contribution is 9.08. The summed E-state index contributed by atoms with van der Waals surface area (Å²) < 4.78 is 15.1. The van der Waals surface area contributed by atoms with Crippen molar-refractivity contribution in [1.82, 2.24) is 0 Å². The van der Waals surface area contributed by atoms with E-state index in [-0.39, 0.29) is 34.3 Å². The molecule has 0 bridgehead atoms. The number of hydrogen-bond donors (Lipinski definition) is 3. The van der Waals surface area contributed by atoms with Crippen LogP contribution in [0.25, 0.3) is 30.3 Å². The number of amides is 2. The molecule has 11 rings (SSSR count). The van der Waals surface area contributed by atoms with Gasteiger partial charge in [0.05, 0.1) is 25.3 Å². The number of esters is 1. The standard InChI is InChI=1S/C16H25BrO3Si.2C16H11NO2S.C8H7NS/c1-7-19-15(18)14-10-13(9-8-12(14)11-17)20-21(5,6)16(2,3)4;2*18-13-3-1-11-9-17(16(19)14(11)8-13)12-2-4-15-10(7-12)5-6-20-15;9-7-1-2-8-6(5-7)3-4-10-8/h8-10H,7,11H2,1-6H3;2*1-8,18H,9H2;1-5H,9H2. The number of rotatable bonds is 7. The molecular weight excluding hydrogens is 1030 g/mol. The van der Waals surface area contributed by atoms with Crippen molar-refractivity contribution in [2.24, 2.45) is 0 Å². The number of hydrogen-bond acceptors (Lipinski definition) is 11. The molecule has 3 aromatic heterocycles. The second-order valence-corrected chi connectivity index (χ2v) is 26.6. The number of alkyl halides is 1. The molecule has 0 saturated carbocycles. The maximum absolute atomic E-state index is 12.4. The molecule has 0 saturated heterocycles. The van der Waals surface area contributed by atoms with Gasteiger partial charge in [-0.05, 0) is 183 Å². The third-order valence-electron chi connectivity index (χ3n) is 12.7. The molecule has 2 amide bonds. The minimum Gasteiger partial charge on any atom is -0.543 e. The molecule has 6 aromatic carbocycles. The largest absolute Gasteiger partial charge is 0.543 e. The van der Waals surface area contributed by atoms with E-state index in [1.807, 2.05) is 90.5 Å². The number of carbonyl (C=O) groups is 3. The summed E-state index contributed by atoms with van der Waals surface area (Å²) >= 11 is 8.53. The molecule has 0 aliphatic carbocycles. The van der Waals surface area contributed by atoms with Crippen LogP contribution in [0.4, 0.5) is 17.1 Å². The SMILES string of the molecule is CCOC(=O)c1cc(O[Si](C)(C)C(C)(C)C)ccc1CBr.Nc1ccc2sccc2c1.O=C1c2cc(O)ccc2CN1c1ccc2sccc2c1.O=C1c2cc(O)ccc2CN1c1ccc2sccc2c1. The van der Waals surface area contributed by atoms with E-state index in [2.05, 4.69) is 79.4 Å². The predicted octanol–water partition coefficient (Wildman–Crippen LogP) is 15.2. The maximum Gasteiger partial charge on any atom is 0.338 e. The summed E-state index contributed by atoms with van der Waals surface area (Å²) in [5.74, 6) is 0.609. The highest BCUT2D eigenvalue weighted by Gasteiger charge is 2.39. The predicted molar refractivity (Wildman–Crippen MR) is 300 cm³/mol. The highest BCUT2D eigenvalue weighted by Crippen LogP contribution is 2.39. The summed E-state index contributed by atoms with van der Waals surface area (Å²) in [6, 6.07) is 39.9. The molecule has 2 aliphatic heterocycles. The number of nitrogens with zero attached hydrogens (tertiary/aromatic N) is 2. The fraction of sp³-hybridized carbons (Fsp3) is 0.196. The number of phenols is 2. The molecule has 9 aromatic rings. The van der Waals surface area contributed by atoms with Crippen LogP contribution in [0.3, 0.4) is 0 Å². The van der Waals surface area contributed by atoms with E-state index >= 15 is 0 Å². The van der Waals surface area contributed by atoms with Crippen LogP contribution in [-0.2, 0) is 23.2 Å². The Morgan fingerprint density at radius 2 is 1.14 bits per heavy atom. The lowest BCUT2D eigenvalue weighted by Crippen LogP contribution is -2.43. The third-order valence-corrected chi connectivity index (χ3v) is 20.3. The Balaban J connectivity index is 0.000000130. The Bertz CT molecular complexity index is 3270. The lowest BCUT2D eigenvalue weighted by atomic mass is 10.1. The van der Waals surface area contributed by atoms with Gasteiger partial charge in [-0.25, -0.2) is 4.79 Å². The summed E-state index contributed by atoms with van der Waals surface area (Å²) in [6.45, 7) is 14.3. The van der Waals surface area contributed by atoms with Gasteiger partial charge in [0.2, 0.25) is 8.32 Å². The molecule has 0 atom stereocenters. The Kier molecular flexibility index (Phi) is 15.4. The molecule has 364 valence electrons. The zero-order valence-corrected chi connectivity index (χ0v) is 45.2. The average Bonchev–Trinajstić information content (AvgIpc) is 4.21.